The van der Waals surface area contributed by atoms with Crippen molar-refractivity contribution in [3.8, 4) is 11.8 Å². The zero-order valence-electron chi connectivity index (χ0n) is 12.4. The normalized spacial score (nSPS) is 16.0. The van der Waals surface area contributed by atoms with E-state index in [0.717, 1.165) is 28.7 Å². The van der Waals surface area contributed by atoms with E-state index in [4.69, 9.17) is 0 Å². The summed E-state index contributed by atoms with van der Waals surface area (Å²) in [5, 5.41) is 0. The lowest BCUT2D eigenvalue weighted by Gasteiger charge is -2.01. The number of allylic oxidation sites excluding steroid dienone is 7. The fourth-order valence-electron chi connectivity index (χ4n) is 2.23. The first-order chi connectivity index (χ1) is 10.1. The van der Waals surface area contributed by atoms with Crippen molar-refractivity contribution in [2.45, 2.75) is 20.3 Å². The Morgan fingerprint density at radius 3 is 2.71 bits per heavy atom. The molecule has 0 radical (unpaired) electrons. The Labute approximate surface area is 126 Å². The summed E-state index contributed by atoms with van der Waals surface area (Å²) in [6.07, 6.45) is 8.98. The molecule has 104 valence electrons. The maximum atomic E-state index is 11.6. The van der Waals surface area contributed by atoms with Crippen LogP contribution in [0.5, 0.6) is 0 Å². The monoisotopic (exact) mass is 274 g/mol. The highest BCUT2D eigenvalue weighted by Crippen LogP contribution is 2.25. The van der Waals surface area contributed by atoms with Gasteiger partial charge in [0, 0.05) is 16.7 Å². The third-order valence-electron chi connectivity index (χ3n) is 3.29. The van der Waals surface area contributed by atoms with Crippen LogP contribution in [0.1, 0.15) is 36.2 Å². The zero-order valence-corrected chi connectivity index (χ0v) is 12.4. The Morgan fingerprint density at radius 1 is 1.33 bits per heavy atom. The quantitative estimate of drug-likeness (QED) is 0.567. The van der Waals surface area contributed by atoms with Crippen molar-refractivity contribution in [1.29, 1.82) is 0 Å². The lowest BCUT2D eigenvalue weighted by atomic mass is 10.0. The van der Waals surface area contributed by atoms with Gasteiger partial charge >= 0.3 is 0 Å². The van der Waals surface area contributed by atoms with Crippen molar-refractivity contribution in [3.05, 3.63) is 83.0 Å². The fraction of sp³-hybridized carbons (Fsp3) is 0.150. The molecule has 0 saturated heterocycles. The summed E-state index contributed by atoms with van der Waals surface area (Å²) in [5.74, 6) is 6.34. The predicted molar refractivity (Wildman–Crippen MR) is 88.1 cm³/mol. The molecule has 1 nitrogen and oxygen atoms in total. The van der Waals surface area contributed by atoms with Gasteiger partial charge in [0.25, 0.3) is 0 Å². The average molecular weight is 274 g/mol. The second kappa shape index (κ2) is 6.72. The number of hydrogen-bond acceptors (Lipinski definition) is 1. The highest BCUT2D eigenvalue weighted by molar-refractivity contribution is 5.96. The van der Waals surface area contributed by atoms with Crippen molar-refractivity contribution in [2.75, 3.05) is 0 Å². The summed E-state index contributed by atoms with van der Waals surface area (Å²) in [5.41, 5.74) is 4.53. The number of ketones is 1. The number of rotatable bonds is 2. The lowest BCUT2D eigenvalue weighted by molar-refractivity contribution is 0.101. The summed E-state index contributed by atoms with van der Waals surface area (Å²) in [4.78, 5) is 11.6. The van der Waals surface area contributed by atoms with Crippen molar-refractivity contribution < 1.29 is 4.79 Å². The van der Waals surface area contributed by atoms with E-state index >= 15 is 0 Å². The van der Waals surface area contributed by atoms with Gasteiger partial charge in [0.05, 0.1) is 0 Å². The molecule has 0 atom stereocenters. The molecule has 2 rings (SSSR count). The summed E-state index contributed by atoms with van der Waals surface area (Å²) in [7, 11) is 0. The van der Waals surface area contributed by atoms with Gasteiger partial charge in [-0.3, -0.25) is 4.79 Å². The van der Waals surface area contributed by atoms with Gasteiger partial charge in [-0.05, 0) is 37.5 Å². The number of carbonyl (C=O) groups excluding carboxylic acids is 1. The smallest absolute Gasteiger partial charge is 0.161 e. The molecule has 1 aliphatic rings. The number of carbonyl (C=O) groups is 1. The van der Waals surface area contributed by atoms with E-state index in [1.54, 1.807) is 6.92 Å². The predicted octanol–water partition coefficient (Wildman–Crippen LogP) is 4.63. The van der Waals surface area contributed by atoms with Crippen LogP contribution in [0, 0.1) is 11.8 Å². The third kappa shape index (κ3) is 3.49. The van der Waals surface area contributed by atoms with Crippen LogP contribution in [-0.2, 0) is 0 Å². The first-order valence-electron chi connectivity index (χ1n) is 6.97. The van der Waals surface area contributed by atoms with Gasteiger partial charge < -0.3 is 0 Å². The van der Waals surface area contributed by atoms with E-state index in [9.17, 15) is 4.79 Å². The van der Waals surface area contributed by atoms with Crippen LogP contribution >= 0.6 is 0 Å². The van der Waals surface area contributed by atoms with Gasteiger partial charge in [0.2, 0.25) is 0 Å². The second-order valence-electron chi connectivity index (χ2n) is 4.89. The van der Waals surface area contributed by atoms with E-state index in [0.29, 0.717) is 5.56 Å². The Kier molecular flexibility index (Phi) is 4.74. The van der Waals surface area contributed by atoms with Crippen LogP contribution in [-0.4, -0.2) is 5.78 Å². The van der Waals surface area contributed by atoms with Crippen LogP contribution in [0.15, 0.2) is 71.9 Å². The summed E-state index contributed by atoms with van der Waals surface area (Å²) in [6.45, 7) is 7.59. The summed E-state index contributed by atoms with van der Waals surface area (Å²) >= 11 is 0. The minimum absolute atomic E-state index is 0.0327. The Morgan fingerprint density at radius 2 is 2.10 bits per heavy atom. The number of hydrogen-bond donors (Lipinski definition) is 0. The molecule has 0 saturated carbocycles. The Balaban J connectivity index is 2.48. The first-order valence-corrected chi connectivity index (χ1v) is 6.97. The molecule has 0 unspecified atom stereocenters. The van der Waals surface area contributed by atoms with Crippen LogP contribution in [0.4, 0.5) is 0 Å². The Hall–Kier alpha value is -2.59. The van der Waals surface area contributed by atoms with Gasteiger partial charge in [-0.1, -0.05) is 60.9 Å². The molecule has 1 aliphatic carbocycles. The van der Waals surface area contributed by atoms with E-state index in [-0.39, 0.29) is 5.78 Å². The zero-order chi connectivity index (χ0) is 15.2. The molecule has 0 heterocycles. The molecule has 0 amide bonds. The van der Waals surface area contributed by atoms with Gasteiger partial charge in [0.15, 0.2) is 5.78 Å². The topological polar surface area (TPSA) is 17.1 Å². The largest absolute Gasteiger partial charge is 0.294 e. The molecule has 0 spiro atoms. The van der Waals surface area contributed by atoms with E-state index < -0.39 is 0 Å². The van der Waals surface area contributed by atoms with Crippen LogP contribution < -0.4 is 0 Å². The molecule has 1 aromatic carbocycles. The molecule has 0 bridgehead atoms. The summed E-state index contributed by atoms with van der Waals surface area (Å²) < 4.78 is 0. The molecule has 0 aliphatic heterocycles. The average Bonchev–Trinajstić information content (AvgIpc) is 2.90. The SMILES string of the molecule is C=C1CC=C/C1=C(C#Cc1ccccc1C(C)=O)/C=C\C. The van der Waals surface area contributed by atoms with Crippen molar-refractivity contribution in [3.63, 3.8) is 0 Å². The summed E-state index contributed by atoms with van der Waals surface area (Å²) in [6, 6.07) is 7.44. The molecule has 0 N–H and O–H groups in total. The highest BCUT2D eigenvalue weighted by Gasteiger charge is 2.08. The minimum Gasteiger partial charge on any atom is -0.294 e. The van der Waals surface area contributed by atoms with Crippen molar-refractivity contribution in [2.24, 2.45) is 0 Å². The van der Waals surface area contributed by atoms with Crippen molar-refractivity contribution >= 4 is 5.78 Å². The lowest BCUT2D eigenvalue weighted by Crippen LogP contribution is -1.95. The molecule has 21 heavy (non-hydrogen) atoms. The van der Waals surface area contributed by atoms with Crippen molar-refractivity contribution in [1.82, 2.24) is 0 Å². The number of benzene rings is 1. The second-order valence-corrected chi connectivity index (χ2v) is 4.89. The fourth-order valence-corrected chi connectivity index (χ4v) is 2.23. The van der Waals surface area contributed by atoms with Crippen LogP contribution in [0.2, 0.25) is 0 Å². The highest BCUT2D eigenvalue weighted by atomic mass is 16.1. The van der Waals surface area contributed by atoms with E-state index in [2.05, 4.69) is 30.6 Å². The molecular weight excluding hydrogens is 256 g/mol. The first kappa shape index (κ1) is 14.8. The minimum atomic E-state index is 0.0327. The van der Waals surface area contributed by atoms with E-state index in [1.807, 2.05) is 43.3 Å². The maximum Gasteiger partial charge on any atom is 0.161 e. The maximum absolute atomic E-state index is 11.6. The van der Waals surface area contributed by atoms with E-state index in [1.165, 1.54) is 0 Å². The van der Waals surface area contributed by atoms with Gasteiger partial charge in [-0.2, -0.15) is 0 Å². The van der Waals surface area contributed by atoms with Gasteiger partial charge in [0.1, 0.15) is 0 Å². The number of Topliss-reactive ketones (excluding diaryl/α,β-unsaturated/α-hetero) is 1. The standard InChI is InChI=1S/C20H18O/c1-4-8-17(19-12-7-9-15(19)2)13-14-18-10-5-6-11-20(18)16(3)21/h4-8,10-12H,2,9H2,1,3H3/b8-4-,19-17+. The van der Waals surface area contributed by atoms with Crippen LogP contribution in [0.3, 0.4) is 0 Å². The van der Waals surface area contributed by atoms with Gasteiger partial charge in [-0.15, -0.1) is 0 Å². The third-order valence-corrected chi connectivity index (χ3v) is 3.29. The molecule has 1 heteroatoms. The molecule has 0 fully saturated rings. The Bertz CT molecular complexity index is 731. The molecular formula is C20H18O. The molecule has 1 aromatic rings. The molecule has 0 aromatic heterocycles. The van der Waals surface area contributed by atoms with Gasteiger partial charge in [-0.25, -0.2) is 0 Å². The van der Waals surface area contributed by atoms with Crippen LogP contribution in [0.25, 0.3) is 0 Å².